The maximum atomic E-state index is 10.1. The van der Waals surface area contributed by atoms with Crippen molar-refractivity contribution in [2.24, 2.45) is 0 Å². The number of hydrogen-bond acceptors (Lipinski definition) is 4. The predicted octanol–water partition coefficient (Wildman–Crippen LogP) is 3.49. The maximum Gasteiger partial charge on any atom is 0.110 e. The van der Waals surface area contributed by atoms with Gasteiger partial charge in [0.25, 0.3) is 0 Å². The summed E-state index contributed by atoms with van der Waals surface area (Å²) >= 11 is 7.68. The first kappa shape index (κ1) is 14.5. The van der Waals surface area contributed by atoms with Crippen molar-refractivity contribution in [1.82, 2.24) is 10.3 Å². The molecule has 5 heteroatoms. The van der Waals surface area contributed by atoms with E-state index in [0.29, 0.717) is 11.6 Å². The van der Waals surface area contributed by atoms with E-state index in [2.05, 4.69) is 10.3 Å². The number of aryl methyl sites for hydroxylation is 1. The summed E-state index contributed by atoms with van der Waals surface area (Å²) in [5.74, 6) is 0. The fourth-order valence-corrected chi connectivity index (χ4v) is 2.89. The highest BCUT2D eigenvalue weighted by atomic mass is 35.5. The lowest BCUT2D eigenvalue weighted by Gasteiger charge is -2.16. The van der Waals surface area contributed by atoms with E-state index < -0.39 is 6.10 Å². The van der Waals surface area contributed by atoms with Crippen molar-refractivity contribution in [3.63, 3.8) is 0 Å². The highest BCUT2D eigenvalue weighted by Gasteiger charge is 2.14. The lowest BCUT2D eigenvalue weighted by Crippen LogP contribution is -2.24. The van der Waals surface area contributed by atoms with E-state index in [1.807, 2.05) is 37.4 Å². The van der Waals surface area contributed by atoms with Gasteiger partial charge in [-0.2, -0.15) is 0 Å². The summed E-state index contributed by atoms with van der Waals surface area (Å²) in [5, 5.41) is 17.1. The first-order chi connectivity index (χ1) is 9.08. The highest BCUT2D eigenvalue weighted by molar-refractivity contribution is 7.09. The van der Waals surface area contributed by atoms with Crippen molar-refractivity contribution in [2.75, 3.05) is 6.54 Å². The average molecular weight is 297 g/mol. The Morgan fingerprint density at radius 1 is 1.42 bits per heavy atom. The van der Waals surface area contributed by atoms with Crippen LogP contribution in [0.25, 0.3) is 0 Å². The summed E-state index contributed by atoms with van der Waals surface area (Å²) in [6.45, 7) is 4.46. The third-order valence-corrected chi connectivity index (χ3v) is 4.38. The number of aromatic nitrogens is 1. The zero-order valence-electron chi connectivity index (χ0n) is 10.9. The van der Waals surface area contributed by atoms with E-state index in [0.717, 1.165) is 16.3 Å². The SMILES string of the molecule is Cc1csc(C(C)NCC(O)c2ccccc2Cl)n1. The number of thiazole rings is 1. The van der Waals surface area contributed by atoms with Crippen LogP contribution in [0.2, 0.25) is 5.02 Å². The van der Waals surface area contributed by atoms with Crippen LogP contribution in [0.3, 0.4) is 0 Å². The minimum atomic E-state index is -0.614. The van der Waals surface area contributed by atoms with Crippen LogP contribution >= 0.6 is 22.9 Å². The van der Waals surface area contributed by atoms with Gasteiger partial charge in [0.2, 0.25) is 0 Å². The molecule has 1 aromatic carbocycles. The van der Waals surface area contributed by atoms with Crippen molar-refractivity contribution in [3.05, 3.63) is 50.9 Å². The Morgan fingerprint density at radius 2 is 2.16 bits per heavy atom. The Morgan fingerprint density at radius 3 is 2.79 bits per heavy atom. The molecule has 0 fully saturated rings. The topological polar surface area (TPSA) is 45.1 Å². The van der Waals surface area contributed by atoms with Gasteiger partial charge in [0, 0.05) is 28.2 Å². The van der Waals surface area contributed by atoms with Gasteiger partial charge >= 0.3 is 0 Å². The molecule has 0 saturated heterocycles. The molecule has 1 heterocycles. The fraction of sp³-hybridized carbons (Fsp3) is 0.357. The molecule has 0 aliphatic carbocycles. The molecule has 2 atom stereocenters. The normalized spacial score (nSPS) is 14.3. The van der Waals surface area contributed by atoms with Crippen LogP contribution in [0.15, 0.2) is 29.6 Å². The van der Waals surface area contributed by atoms with E-state index in [1.165, 1.54) is 0 Å². The molecular formula is C14H17ClN2OS. The summed E-state index contributed by atoms with van der Waals surface area (Å²) in [4.78, 5) is 4.43. The number of aliphatic hydroxyl groups excluding tert-OH is 1. The lowest BCUT2D eigenvalue weighted by molar-refractivity contribution is 0.171. The number of nitrogens with zero attached hydrogens (tertiary/aromatic N) is 1. The van der Waals surface area contributed by atoms with Gasteiger partial charge in [-0.25, -0.2) is 4.98 Å². The Balaban J connectivity index is 1.94. The van der Waals surface area contributed by atoms with Crippen molar-refractivity contribution in [2.45, 2.75) is 26.0 Å². The van der Waals surface area contributed by atoms with Gasteiger partial charge in [-0.05, 0) is 19.9 Å². The zero-order chi connectivity index (χ0) is 13.8. The molecule has 2 rings (SSSR count). The summed E-state index contributed by atoms with van der Waals surface area (Å²) < 4.78 is 0. The van der Waals surface area contributed by atoms with Gasteiger partial charge in [-0.3, -0.25) is 0 Å². The van der Waals surface area contributed by atoms with Crippen LogP contribution in [0, 0.1) is 6.92 Å². The standard InChI is InChI=1S/C14H17ClN2OS/c1-9-8-19-14(17-9)10(2)16-7-13(18)11-5-3-4-6-12(11)15/h3-6,8,10,13,16,18H,7H2,1-2H3. The van der Waals surface area contributed by atoms with Crippen molar-refractivity contribution >= 4 is 22.9 Å². The first-order valence-corrected chi connectivity index (χ1v) is 7.41. The van der Waals surface area contributed by atoms with Crippen molar-refractivity contribution in [3.8, 4) is 0 Å². The minimum absolute atomic E-state index is 0.121. The molecule has 0 spiro atoms. The lowest BCUT2D eigenvalue weighted by atomic mass is 10.1. The summed E-state index contributed by atoms with van der Waals surface area (Å²) in [5.41, 5.74) is 1.78. The number of hydrogen-bond donors (Lipinski definition) is 2. The number of aliphatic hydroxyl groups is 1. The number of nitrogens with one attached hydrogen (secondary N) is 1. The van der Waals surface area contributed by atoms with Crippen molar-refractivity contribution < 1.29 is 5.11 Å². The first-order valence-electron chi connectivity index (χ1n) is 6.16. The summed E-state index contributed by atoms with van der Waals surface area (Å²) in [7, 11) is 0. The van der Waals surface area contributed by atoms with Crippen LogP contribution in [0.5, 0.6) is 0 Å². The summed E-state index contributed by atoms with van der Waals surface area (Å²) in [6.07, 6.45) is -0.614. The average Bonchev–Trinajstić information content (AvgIpc) is 2.83. The third-order valence-electron chi connectivity index (χ3n) is 2.89. The van der Waals surface area contributed by atoms with Gasteiger partial charge < -0.3 is 10.4 Å². The molecule has 19 heavy (non-hydrogen) atoms. The van der Waals surface area contributed by atoms with E-state index in [4.69, 9.17) is 11.6 Å². The predicted molar refractivity (Wildman–Crippen MR) is 79.7 cm³/mol. The van der Waals surface area contributed by atoms with Crippen molar-refractivity contribution in [1.29, 1.82) is 0 Å². The molecule has 2 N–H and O–H groups in total. The van der Waals surface area contributed by atoms with Gasteiger partial charge in [-0.1, -0.05) is 29.8 Å². The largest absolute Gasteiger partial charge is 0.387 e. The van der Waals surface area contributed by atoms with Gasteiger partial charge in [0.05, 0.1) is 12.1 Å². The molecule has 0 aliphatic rings. The Hall–Kier alpha value is -0.940. The molecule has 0 amide bonds. The molecule has 102 valence electrons. The van der Waals surface area contributed by atoms with E-state index in [1.54, 1.807) is 17.4 Å². The number of rotatable bonds is 5. The van der Waals surface area contributed by atoms with E-state index in [-0.39, 0.29) is 6.04 Å². The van der Waals surface area contributed by atoms with Gasteiger partial charge in [0.1, 0.15) is 5.01 Å². The Kier molecular flexibility index (Phi) is 4.93. The minimum Gasteiger partial charge on any atom is -0.387 e. The molecule has 1 aromatic heterocycles. The second-order valence-corrected chi connectivity index (χ2v) is 5.79. The van der Waals surface area contributed by atoms with Gasteiger partial charge in [-0.15, -0.1) is 11.3 Å². The molecule has 2 unspecified atom stereocenters. The van der Waals surface area contributed by atoms with Gasteiger partial charge in [0.15, 0.2) is 0 Å². The number of halogens is 1. The zero-order valence-corrected chi connectivity index (χ0v) is 12.5. The van der Waals surface area contributed by atoms with Crippen LogP contribution in [0.1, 0.15) is 35.3 Å². The second-order valence-electron chi connectivity index (χ2n) is 4.49. The van der Waals surface area contributed by atoms with Crippen LogP contribution in [0.4, 0.5) is 0 Å². The molecule has 0 saturated carbocycles. The third kappa shape index (κ3) is 3.76. The fourth-order valence-electron chi connectivity index (χ4n) is 1.80. The summed E-state index contributed by atoms with van der Waals surface area (Å²) in [6, 6.07) is 7.47. The highest BCUT2D eigenvalue weighted by Crippen LogP contribution is 2.23. The quantitative estimate of drug-likeness (QED) is 0.888. The molecule has 0 aliphatic heterocycles. The van der Waals surface area contributed by atoms with Crippen LogP contribution in [-0.2, 0) is 0 Å². The molecule has 3 nitrogen and oxygen atoms in total. The number of benzene rings is 1. The second kappa shape index (κ2) is 6.48. The monoisotopic (exact) mass is 296 g/mol. The van der Waals surface area contributed by atoms with E-state index >= 15 is 0 Å². The van der Waals surface area contributed by atoms with Crippen LogP contribution in [-0.4, -0.2) is 16.6 Å². The Bertz CT molecular complexity index is 544. The molecule has 0 radical (unpaired) electrons. The molecular weight excluding hydrogens is 280 g/mol. The molecule has 0 bridgehead atoms. The van der Waals surface area contributed by atoms with E-state index in [9.17, 15) is 5.11 Å². The maximum absolute atomic E-state index is 10.1. The molecule has 2 aromatic rings. The smallest absolute Gasteiger partial charge is 0.110 e. The Labute approximate surface area is 122 Å². The van der Waals surface area contributed by atoms with Crippen LogP contribution < -0.4 is 5.32 Å².